The van der Waals surface area contributed by atoms with Gasteiger partial charge < -0.3 is 19.7 Å². The fraction of sp³-hybridized carbons (Fsp3) is 0.435. The van der Waals surface area contributed by atoms with Gasteiger partial charge in [0.1, 0.15) is 11.4 Å². The third-order valence-electron chi connectivity index (χ3n) is 4.25. The summed E-state index contributed by atoms with van der Waals surface area (Å²) in [5.41, 5.74) is 1.67. The standard InChI is InChI=1S/C23H32NO5P/c1-23(2,3)29-22(25)24-16-15-20-11-13-21(14-12-20)28-18-30(26,27)17-7-10-19-8-5-4-6-9-19/h4-6,8-9,11-14H,7,10,15-18H2,1-3H3,(H,24,25)(H,26,27). The lowest BCUT2D eigenvalue weighted by Crippen LogP contribution is -2.33. The number of rotatable bonds is 10. The number of benzene rings is 2. The largest absolute Gasteiger partial charge is 0.484 e. The third-order valence-corrected chi connectivity index (χ3v) is 5.80. The molecule has 0 aliphatic heterocycles. The molecule has 0 aliphatic rings. The van der Waals surface area contributed by atoms with Crippen molar-refractivity contribution in [1.82, 2.24) is 5.32 Å². The van der Waals surface area contributed by atoms with Crippen LogP contribution < -0.4 is 10.1 Å². The van der Waals surface area contributed by atoms with E-state index in [-0.39, 0.29) is 12.5 Å². The number of amides is 1. The number of alkyl carbamates (subject to hydrolysis) is 1. The molecule has 0 aromatic heterocycles. The molecule has 6 nitrogen and oxygen atoms in total. The predicted molar refractivity (Wildman–Crippen MR) is 119 cm³/mol. The molecule has 0 saturated carbocycles. The lowest BCUT2D eigenvalue weighted by Gasteiger charge is -2.19. The highest BCUT2D eigenvalue weighted by Gasteiger charge is 2.19. The highest BCUT2D eigenvalue weighted by Crippen LogP contribution is 2.41. The maximum absolute atomic E-state index is 12.3. The number of aryl methyl sites for hydroxylation is 1. The van der Waals surface area contributed by atoms with Gasteiger partial charge in [-0.15, -0.1) is 0 Å². The predicted octanol–water partition coefficient (Wildman–Crippen LogP) is 4.99. The van der Waals surface area contributed by atoms with E-state index in [4.69, 9.17) is 9.47 Å². The van der Waals surface area contributed by atoms with Crippen molar-refractivity contribution in [3.05, 3.63) is 65.7 Å². The Hall–Kier alpha value is -2.30. The van der Waals surface area contributed by atoms with Crippen LogP contribution >= 0.6 is 7.37 Å². The van der Waals surface area contributed by atoms with Gasteiger partial charge in [0, 0.05) is 12.7 Å². The van der Waals surface area contributed by atoms with E-state index in [0.717, 1.165) is 17.5 Å². The number of nitrogens with one attached hydrogen (secondary N) is 1. The Morgan fingerprint density at radius 3 is 2.27 bits per heavy atom. The van der Waals surface area contributed by atoms with Crippen LogP contribution in [0.2, 0.25) is 0 Å². The van der Waals surface area contributed by atoms with Gasteiger partial charge in [0.15, 0.2) is 6.35 Å². The number of ether oxygens (including phenoxy) is 2. The second-order valence-electron chi connectivity index (χ2n) is 8.26. The molecule has 2 aromatic carbocycles. The summed E-state index contributed by atoms with van der Waals surface area (Å²) < 4.78 is 23.0. The van der Waals surface area contributed by atoms with Crippen LogP contribution in [0.1, 0.15) is 38.3 Å². The molecular weight excluding hydrogens is 401 g/mol. The lowest BCUT2D eigenvalue weighted by atomic mass is 10.1. The molecule has 2 aromatic rings. The van der Waals surface area contributed by atoms with E-state index in [2.05, 4.69) is 5.32 Å². The first kappa shape index (κ1) is 24.0. The summed E-state index contributed by atoms with van der Waals surface area (Å²) in [7, 11) is -3.34. The average molecular weight is 433 g/mol. The number of hydrogen-bond donors (Lipinski definition) is 2. The Bertz CT molecular complexity index is 831. The fourth-order valence-corrected chi connectivity index (χ4v) is 3.92. The minimum atomic E-state index is -3.34. The lowest BCUT2D eigenvalue weighted by molar-refractivity contribution is 0.0528. The molecule has 30 heavy (non-hydrogen) atoms. The van der Waals surface area contributed by atoms with E-state index >= 15 is 0 Å². The first-order valence-electron chi connectivity index (χ1n) is 10.2. The summed E-state index contributed by atoms with van der Waals surface area (Å²) in [5.74, 6) is 0.552. The summed E-state index contributed by atoms with van der Waals surface area (Å²) in [4.78, 5) is 21.8. The normalized spacial score (nSPS) is 13.3. The van der Waals surface area contributed by atoms with Crippen molar-refractivity contribution in [1.29, 1.82) is 0 Å². The molecule has 0 bridgehead atoms. The van der Waals surface area contributed by atoms with Crippen molar-refractivity contribution in [2.45, 2.75) is 45.6 Å². The zero-order chi connectivity index (χ0) is 22.0. The van der Waals surface area contributed by atoms with Crippen LogP contribution in [0.4, 0.5) is 4.79 Å². The Labute approximate surface area is 179 Å². The first-order chi connectivity index (χ1) is 14.1. The molecule has 0 aliphatic carbocycles. The summed E-state index contributed by atoms with van der Waals surface area (Å²) >= 11 is 0. The molecule has 2 rings (SSSR count). The van der Waals surface area contributed by atoms with Crippen LogP contribution in [-0.2, 0) is 22.1 Å². The van der Waals surface area contributed by atoms with E-state index in [9.17, 15) is 14.3 Å². The maximum Gasteiger partial charge on any atom is 0.407 e. The minimum absolute atomic E-state index is 0.193. The SMILES string of the molecule is CC(C)(C)OC(=O)NCCc1ccc(OCP(=O)(O)CCCc2ccccc2)cc1. The Morgan fingerprint density at radius 2 is 1.63 bits per heavy atom. The van der Waals surface area contributed by atoms with Crippen molar-refractivity contribution >= 4 is 13.5 Å². The molecule has 0 fully saturated rings. The second kappa shape index (κ2) is 11.2. The van der Waals surface area contributed by atoms with Crippen LogP contribution in [0.3, 0.4) is 0 Å². The average Bonchev–Trinajstić information content (AvgIpc) is 2.67. The molecule has 0 saturated heterocycles. The molecule has 2 N–H and O–H groups in total. The quantitative estimate of drug-likeness (QED) is 0.516. The van der Waals surface area contributed by atoms with Gasteiger partial charge in [-0.05, 0) is 63.3 Å². The van der Waals surface area contributed by atoms with Gasteiger partial charge in [0.25, 0.3) is 0 Å². The van der Waals surface area contributed by atoms with Crippen LogP contribution in [0.25, 0.3) is 0 Å². The van der Waals surface area contributed by atoms with Gasteiger partial charge in [-0.25, -0.2) is 4.79 Å². The van der Waals surface area contributed by atoms with E-state index in [0.29, 0.717) is 25.1 Å². The van der Waals surface area contributed by atoms with Crippen LogP contribution in [-0.4, -0.2) is 35.6 Å². The van der Waals surface area contributed by atoms with Gasteiger partial charge in [-0.3, -0.25) is 4.57 Å². The van der Waals surface area contributed by atoms with E-state index in [1.54, 1.807) is 12.1 Å². The number of hydrogen-bond acceptors (Lipinski definition) is 4. The molecule has 0 heterocycles. The molecule has 1 amide bonds. The summed E-state index contributed by atoms with van der Waals surface area (Å²) in [6.07, 6.45) is 1.67. The molecule has 164 valence electrons. The summed E-state index contributed by atoms with van der Waals surface area (Å²) in [5, 5.41) is 2.72. The zero-order valence-corrected chi connectivity index (χ0v) is 18.9. The van der Waals surface area contributed by atoms with Crippen molar-refractivity contribution in [3.8, 4) is 5.75 Å². The van der Waals surface area contributed by atoms with Crippen molar-refractivity contribution in [2.24, 2.45) is 0 Å². The molecule has 0 spiro atoms. The number of carbonyl (C=O) groups is 1. The van der Waals surface area contributed by atoms with E-state index < -0.39 is 19.1 Å². The van der Waals surface area contributed by atoms with Gasteiger partial charge >= 0.3 is 6.09 Å². The monoisotopic (exact) mass is 433 g/mol. The Kier molecular flexibility index (Phi) is 8.94. The summed E-state index contributed by atoms with van der Waals surface area (Å²) in [6.45, 7) is 5.92. The van der Waals surface area contributed by atoms with Gasteiger partial charge in [-0.2, -0.15) is 0 Å². The topological polar surface area (TPSA) is 84.9 Å². The van der Waals surface area contributed by atoms with E-state index in [1.807, 2.05) is 63.2 Å². The molecule has 1 unspecified atom stereocenters. The highest BCUT2D eigenvalue weighted by molar-refractivity contribution is 7.57. The molecule has 1 atom stereocenters. The highest BCUT2D eigenvalue weighted by atomic mass is 31.2. The molecular formula is C23H32NO5P. The maximum atomic E-state index is 12.3. The minimum Gasteiger partial charge on any atom is -0.484 e. The van der Waals surface area contributed by atoms with Crippen LogP contribution in [0.5, 0.6) is 5.75 Å². The first-order valence-corrected chi connectivity index (χ1v) is 12.2. The smallest absolute Gasteiger partial charge is 0.407 e. The Balaban J connectivity index is 1.69. The van der Waals surface area contributed by atoms with Gasteiger partial charge in [-0.1, -0.05) is 42.5 Å². The van der Waals surface area contributed by atoms with Gasteiger partial charge in [0.2, 0.25) is 7.37 Å². The fourth-order valence-electron chi connectivity index (χ4n) is 2.79. The van der Waals surface area contributed by atoms with Gasteiger partial charge in [0.05, 0.1) is 0 Å². The second-order valence-corrected chi connectivity index (χ2v) is 10.7. The Morgan fingerprint density at radius 1 is 1.00 bits per heavy atom. The number of carbonyl (C=O) groups excluding carboxylic acids is 1. The summed E-state index contributed by atoms with van der Waals surface area (Å²) in [6, 6.07) is 17.2. The van der Waals surface area contributed by atoms with Crippen molar-refractivity contribution in [2.75, 3.05) is 19.1 Å². The zero-order valence-electron chi connectivity index (χ0n) is 18.0. The van der Waals surface area contributed by atoms with E-state index in [1.165, 1.54) is 0 Å². The van der Waals surface area contributed by atoms with Crippen molar-refractivity contribution in [3.63, 3.8) is 0 Å². The van der Waals surface area contributed by atoms with Crippen LogP contribution in [0, 0.1) is 0 Å². The van der Waals surface area contributed by atoms with Crippen LogP contribution in [0.15, 0.2) is 54.6 Å². The molecule has 7 heteroatoms. The van der Waals surface area contributed by atoms with Crippen molar-refractivity contribution < 1.29 is 23.7 Å². The third kappa shape index (κ3) is 9.95. The molecule has 0 radical (unpaired) electrons.